The van der Waals surface area contributed by atoms with Crippen LogP contribution in [-0.2, 0) is 5.41 Å². The molecule has 0 bridgehead atoms. The second kappa shape index (κ2) is 4.30. The number of rotatable bonds is 3. The van der Waals surface area contributed by atoms with E-state index in [4.69, 9.17) is 0 Å². The molecule has 0 saturated carbocycles. The molecule has 0 unspecified atom stereocenters. The van der Waals surface area contributed by atoms with Crippen molar-refractivity contribution in [3.05, 3.63) is 41.7 Å². The molecule has 1 N–H and O–H groups in total. The van der Waals surface area contributed by atoms with Gasteiger partial charge in [0.25, 0.3) is 0 Å². The molecular formula is C13H17N3O. The number of benzene rings is 1. The Labute approximate surface area is 101 Å². The molecule has 2 rings (SSSR count). The van der Waals surface area contributed by atoms with Crippen molar-refractivity contribution in [2.24, 2.45) is 0 Å². The topological polar surface area (TPSA) is 50.9 Å². The first-order valence-corrected chi connectivity index (χ1v) is 5.64. The second-order valence-corrected chi connectivity index (χ2v) is 4.83. The van der Waals surface area contributed by atoms with E-state index in [1.807, 2.05) is 45.0 Å². The summed E-state index contributed by atoms with van der Waals surface area (Å²) in [7, 11) is 0. The minimum Gasteiger partial charge on any atom is -0.395 e. The first-order chi connectivity index (χ1) is 8.04. The van der Waals surface area contributed by atoms with Crippen molar-refractivity contribution in [3.8, 4) is 5.69 Å². The van der Waals surface area contributed by atoms with Crippen LogP contribution in [0.4, 0.5) is 0 Å². The van der Waals surface area contributed by atoms with Gasteiger partial charge in [-0.05, 0) is 18.6 Å². The van der Waals surface area contributed by atoms with Crippen LogP contribution in [0.5, 0.6) is 0 Å². The maximum Gasteiger partial charge on any atom is 0.0894 e. The summed E-state index contributed by atoms with van der Waals surface area (Å²) in [5.74, 6) is 0. The third kappa shape index (κ3) is 2.22. The lowest BCUT2D eigenvalue weighted by Gasteiger charge is -2.24. The number of aliphatic hydroxyl groups excluding tert-OH is 1. The zero-order valence-corrected chi connectivity index (χ0v) is 10.4. The Balaban J connectivity index is 2.55. The highest BCUT2D eigenvalue weighted by Gasteiger charge is 2.23. The Morgan fingerprint density at radius 1 is 1.29 bits per heavy atom. The van der Waals surface area contributed by atoms with Crippen LogP contribution in [-0.4, -0.2) is 26.7 Å². The van der Waals surface area contributed by atoms with Crippen LogP contribution >= 0.6 is 0 Å². The fourth-order valence-electron chi connectivity index (χ4n) is 1.76. The molecule has 0 saturated heterocycles. The van der Waals surface area contributed by atoms with Gasteiger partial charge in [0, 0.05) is 5.41 Å². The lowest BCUT2D eigenvalue weighted by atomic mass is 9.84. The summed E-state index contributed by atoms with van der Waals surface area (Å²) in [5, 5.41) is 18.0. The van der Waals surface area contributed by atoms with E-state index in [1.54, 1.807) is 11.0 Å². The summed E-state index contributed by atoms with van der Waals surface area (Å²) in [5.41, 5.74) is 2.53. The minimum atomic E-state index is -0.307. The normalized spacial score (nSPS) is 11.8. The van der Waals surface area contributed by atoms with Gasteiger partial charge in [-0.3, -0.25) is 0 Å². The van der Waals surface area contributed by atoms with Crippen molar-refractivity contribution in [2.45, 2.75) is 26.2 Å². The van der Waals surface area contributed by atoms with E-state index in [1.165, 1.54) is 0 Å². The van der Waals surface area contributed by atoms with E-state index in [2.05, 4.69) is 10.2 Å². The lowest BCUT2D eigenvalue weighted by Crippen LogP contribution is -2.24. The van der Waals surface area contributed by atoms with Crippen molar-refractivity contribution in [1.82, 2.24) is 15.0 Å². The number of hydrogen-bond acceptors (Lipinski definition) is 3. The van der Waals surface area contributed by atoms with E-state index >= 15 is 0 Å². The van der Waals surface area contributed by atoms with Gasteiger partial charge in [0.15, 0.2) is 0 Å². The summed E-state index contributed by atoms with van der Waals surface area (Å²) in [6, 6.07) is 7.88. The molecule has 17 heavy (non-hydrogen) atoms. The Morgan fingerprint density at radius 2 is 2.00 bits per heavy atom. The van der Waals surface area contributed by atoms with Gasteiger partial charge in [0.1, 0.15) is 0 Å². The van der Waals surface area contributed by atoms with Crippen LogP contribution in [0, 0.1) is 6.92 Å². The molecule has 0 aliphatic rings. The first-order valence-electron chi connectivity index (χ1n) is 5.64. The highest BCUT2D eigenvalue weighted by molar-refractivity contribution is 5.43. The van der Waals surface area contributed by atoms with Gasteiger partial charge < -0.3 is 5.11 Å². The third-order valence-corrected chi connectivity index (χ3v) is 2.85. The Morgan fingerprint density at radius 3 is 2.59 bits per heavy atom. The fraction of sp³-hybridized carbons (Fsp3) is 0.385. The maximum atomic E-state index is 9.47. The molecule has 0 fully saturated rings. The van der Waals surface area contributed by atoms with E-state index in [0.29, 0.717) is 0 Å². The van der Waals surface area contributed by atoms with Crippen molar-refractivity contribution >= 4 is 0 Å². The van der Waals surface area contributed by atoms with Gasteiger partial charge in [-0.1, -0.05) is 32.0 Å². The minimum absolute atomic E-state index is 0.0876. The van der Waals surface area contributed by atoms with E-state index < -0.39 is 0 Å². The third-order valence-electron chi connectivity index (χ3n) is 2.85. The van der Waals surface area contributed by atoms with Gasteiger partial charge in [-0.2, -0.15) is 15.0 Å². The monoisotopic (exact) mass is 231 g/mol. The van der Waals surface area contributed by atoms with Crippen molar-refractivity contribution in [3.63, 3.8) is 0 Å². The van der Waals surface area contributed by atoms with E-state index in [0.717, 1.165) is 16.9 Å². The van der Waals surface area contributed by atoms with Gasteiger partial charge in [0.05, 0.1) is 24.2 Å². The first kappa shape index (κ1) is 11.8. The Kier molecular flexibility index (Phi) is 2.98. The molecule has 0 atom stereocenters. The predicted octanol–water partition coefficient (Wildman–Crippen LogP) is 1.85. The van der Waals surface area contributed by atoms with Crippen molar-refractivity contribution in [2.75, 3.05) is 6.61 Å². The lowest BCUT2D eigenvalue weighted by molar-refractivity contribution is 0.218. The second-order valence-electron chi connectivity index (χ2n) is 4.83. The number of hydrogen-bond donors (Lipinski definition) is 1. The molecule has 1 aromatic heterocycles. The molecule has 0 amide bonds. The Hall–Kier alpha value is -1.68. The van der Waals surface area contributed by atoms with Crippen LogP contribution in [0.25, 0.3) is 5.69 Å². The molecule has 1 heterocycles. The predicted molar refractivity (Wildman–Crippen MR) is 66.2 cm³/mol. The summed E-state index contributed by atoms with van der Waals surface area (Å²) in [6.45, 7) is 6.00. The smallest absolute Gasteiger partial charge is 0.0894 e. The van der Waals surface area contributed by atoms with Crippen LogP contribution in [0.1, 0.15) is 25.1 Å². The molecule has 0 radical (unpaired) electrons. The summed E-state index contributed by atoms with van der Waals surface area (Å²) < 4.78 is 0. The molecule has 0 spiro atoms. The molecule has 0 aliphatic heterocycles. The summed E-state index contributed by atoms with van der Waals surface area (Å²) in [6.07, 6.45) is 1.72. The van der Waals surface area contributed by atoms with Gasteiger partial charge in [0.2, 0.25) is 0 Å². The van der Waals surface area contributed by atoms with Crippen LogP contribution in [0.15, 0.2) is 30.5 Å². The number of para-hydroxylation sites is 1. The molecular weight excluding hydrogens is 214 g/mol. The molecule has 4 heteroatoms. The standard InChI is InChI=1S/C13H17N3O/c1-10-8-14-16(15-10)12-7-5-4-6-11(12)13(2,3)9-17/h4-8,17H,9H2,1-3H3. The summed E-state index contributed by atoms with van der Waals surface area (Å²) >= 11 is 0. The van der Waals surface area contributed by atoms with Crippen LogP contribution in [0.2, 0.25) is 0 Å². The van der Waals surface area contributed by atoms with Crippen molar-refractivity contribution < 1.29 is 5.11 Å². The molecule has 1 aromatic carbocycles. The van der Waals surface area contributed by atoms with Gasteiger partial charge in [-0.15, -0.1) is 0 Å². The van der Waals surface area contributed by atoms with E-state index in [9.17, 15) is 5.11 Å². The van der Waals surface area contributed by atoms with Crippen LogP contribution < -0.4 is 0 Å². The zero-order chi connectivity index (χ0) is 12.5. The largest absolute Gasteiger partial charge is 0.395 e. The number of nitrogens with zero attached hydrogens (tertiary/aromatic N) is 3. The van der Waals surface area contributed by atoms with Crippen LogP contribution in [0.3, 0.4) is 0 Å². The molecule has 0 aliphatic carbocycles. The highest BCUT2D eigenvalue weighted by Crippen LogP contribution is 2.27. The van der Waals surface area contributed by atoms with Gasteiger partial charge >= 0.3 is 0 Å². The SMILES string of the molecule is Cc1cnn(-c2ccccc2C(C)(C)CO)n1. The number of aliphatic hydroxyl groups is 1. The fourth-order valence-corrected chi connectivity index (χ4v) is 1.76. The van der Waals surface area contributed by atoms with E-state index in [-0.39, 0.29) is 12.0 Å². The van der Waals surface area contributed by atoms with Crippen molar-refractivity contribution in [1.29, 1.82) is 0 Å². The maximum absolute atomic E-state index is 9.47. The average molecular weight is 231 g/mol. The quantitative estimate of drug-likeness (QED) is 0.877. The average Bonchev–Trinajstić information content (AvgIpc) is 2.76. The number of aryl methyl sites for hydroxylation is 1. The number of aromatic nitrogens is 3. The molecule has 4 nitrogen and oxygen atoms in total. The molecule has 90 valence electrons. The molecule has 2 aromatic rings. The van der Waals surface area contributed by atoms with Gasteiger partial charge in [-0.25, -0.2) is 0 Å². The summed E-state index contributed by atoms with van der Waals surface area (Å²) in [4.78, 5) is 1.61. The zero-order valence-electron chi connectivity index (χ0n) is 10.4. The Bertz CT molecular complexity index is 517. The highest BCUT2D eigenvalue weighted by atomic mass is 16.3.